The summed E-state index contributed by atoms with van der Waals surface area (Å²) in [6.07, 6.45) is 8.82. The number of ether oxygens (including phenoxy) is 2. The number of nitrogens with zero attached hydrogens (tertiary/aromatic N) is 2. The number of hydrogen-bond donors (Lipinski definition) is 0. The van der Waals surface area contributed by atoms with Gasteiger partial charge in [0.05, 0.1) is 6.61 Å². The van der Waals surface area contributed by atoms with Gasteiger partial charge in [-0.3, -0.25) is 4.90 Å². The fourth-order valence-electron chi connectivity index (χ4n) is 3.95. The van der Waals surface area contributed by atoms with E-state index >= 15 is 0 Å². The SMILES string of the molecule is CCOC(=O)CON=C1C=CC(/C(=C(\CC)c2ccccc2)c2ccccc2OC(C)N(C)C)C=C1. The second-order valence-corrected chi connectivity index (χ2v) is 8.63. The predicted molar refractivity (Wildman–Crippen MR) is 146 cm³/mol. The van der Waals surface area contributed by atoms with Gasteiger partial charge >= 0.3 is 5.97 Å². The van der Waals surface area contributed by atoms with Crippen LogP contribution in [0.4, 0.5) is 0 Å². The average molecular weight is 489 g/mol. The summed E-state index contributed by atoms with van der Waals surface area (Å²) in [5.74, 6) is 0.408. The summed E-state index contributed by atoms with van der Waals surface area (Å²) in [6.45, 7) is 6.08. The number of allylic oxidation sites excluding steroid dienone is 6. The van der Waals surface area contributed by atoms with E-state index in [1.165, 1.54) is 16.7 Å². The lowest BCUT2D eigenvalue weighted by Crippen LogP contribution is -2.30. The molecule has 1 atom stereocenters. The van der Waals surface area contributed by atoms with E-state index in [1.54, 1.807) is 6.92 Å². The van der Waals surface area contributed by atoms with Crippen molar-refractivity contribution in [1.29, 1.82) is 0 Å². The van der Waals surface area contributed by atoms with Crippen molar-refractivity contribution in [1.82, 2.24) is 4.90 Å². The summed E-state index contributed by atoms with van der Waals surface area (Å²) in [5, 5.41) is 4.07. The van der Waals surface area contributed by atoms with E-state index in [4.69, 9.17) is 14.3 Å². The molecule has 0 heterocycles. The van der Waals surface area contributed by atoms with Crippen molar-refractivity contribution in [3.63, 3.8) is 0 Å². The highest BCUT2D eigenvalue weighted by Gasteiger charge is 2.22. The molecule has 36 heavy (non-hydrogen) atoms. The Balaban J connectivity index is 2.00. The summed E-state index contributed by atoms with van der Waals surface area (Å²) in [7, 11) is 4.01. The number of esters is 1. The molecule has 0 amide bonds. The Morgan fingerprint density at radius 2 is 1.67 bits per heavy atom. The van der Waals surface area contributed by atoms with Crippen LogP contribution in [0, 0.1) is 5.92 Å². The van der Waals surface area contributed by atoms with E-state index in [-0.39, 0.29) is 18.8 Å². The number of para-hydroxylation sites is 1. The first kappa shape index (κ1) is 27.0. The molecule has 2 aromatic carbocycles. The third kappa shape index (κ3) is 7.18. The normalized spacial score (nSPS) is 16.4. The number of rotatable bonds is 11. The second-order valence-electron chi connectivity index (χ2n) is 8.63. The van der Waals surface area contributed by atoms with E-state index in [0.29, 0.717) is 12.3 Å². The molecule has 0 fully saturated rings. The smallest absolute Gasteiger partial charge is 0.347 e. The van der Waals surface area contributed by atoms with Gasteiger partial charge in [0, 0.05) is 11.5 Å². The third-order valence-corrected chi connectivity index (χ3v) is 5.94. The van der Waals surface area contributed by atoms with Crippen LogP contribution in [-0.2, 0) is 14.4 Å². The molecule has 0 bridgehead atoms. The molecule has 1 aliphatic carbocycles. The Hall–Kier alpha value is -3.64. The minimum atomic E-state index is -0.437. The van der Waals surface area contributed by atoms with Gasteiger partial charge in [0.1, 0.15) is 17.7 Å². The van der Waals surface area contributed by atoms with Crippen LogP contribution in [0.1, 0.15) is 38.3 Å². The summed E-state index contributed by atoms with van der Waals surface area (Å²) in [4.78, 5) is 18.7. The first-order chi connectivity index (χ1) is 17.4. The molecular formula is C30H36N2O4. The number of carbonyl (C=O) groups is 1. The average Bonchev–Trinajstić information content (AvgIpc) is 2.89. The molecule has 0 aliphatic heterocycles. The first-order valence-electron chi connectivity index (χ1n) is 12.4. The van der Waals surface area contributed by atoms with Crippen LogP contribution in [0.3, 0.4) is 0 Å². The molecule has 190 valence electrons. The highest BCUT2D eigenvalue weighted by Crippen LogP contribution is 2.40. The molecule has 3 rings (SSSR count). The Morgan fingerprint density at radius 3 is 2.31 bits per heavy atom. The minimum Gasteiger partial charge on any atom is -0.475 e. The fourth-order valence-corrected chi connectivity index (χ4v) is 3.95. The molecule has 0 saturated carbocycles. The van der Waals surface area contributed by atoms with Gasteiger partial charge in [-0.25, -0.2) is 4.79 Å². The summed E-state index contributed by atoms with van der Waals surface area (Å²) in [5.41, 5.74) is 5.32. The second kappa shape index (κ2) is 13.4. The molecule has 0 N–H and O–H groups in total. The van der Waals surface area contributed by atoms with Crippen molar-refractivity contribution in [2.24, 2.45) is 11.1 Å². The van der Waals surface area contributed by atoms with E-state index in [2.05, 4.69) is 54.6 Å². The van der Waals surface area contributed by atoms with Crippen molar-refractivity contribution >= 4 is 22.8 Å². The van der Waals surface area contributed by atoms with Crippen LogP contribution < -0.4 is 4.74 Å². The molecule has 1 unspecified atom stereocenters. The lowest BCUT2D eigenvalue weighted by molar-refractivity contribution is -0.148. The molecule has 6 nitrogen and oxygen atoms in total. The Bertz CT molecular complexity index is 1120. The number of hydrogen-bond acceptors (Lipinski definition) is 6. The molecule has 1 aliphatic rings. The standard InChI is InChI=1S/C30H36N2O4/c1-6-26(23-13-9-8-10-14-23)30(27-15-11-12-16-28(27)36-22(3)32(4)5)24-17-19-25(20-18-24)31-35-21-29(33)34-7-2/h8-20,22,24H,6-7,21H2,1-5H3/b30-26-,31-25?. The third-order valence-electron chi connectivity index (χ3n) is 5.94. The van der Waals surface area contributed by atoms with E-state index < -0.39 is 5.97 Å². The maximum absolute atomic E-state index is 11.5. The quantitative estimate of drug-likeness (QED) is 0.169. The zero-order valence-electron chi connectivity index (χ0n) is 21.8. The van der Waals surface area contributed by atoms with Crippen molar-refractivity contribution in [2.45, 2.75) is 33.4 Å². The highest BCUT2D eigenvalue weighted by molar-refractivity contribution is 6.06. The maximum atomic E-state index is 11.5. The van der Waals surface area contributed by atoms with Crippen LogP contribution in [0.15, 0.2) is 84.1 Å². The minimum absolute atomic E-state index is 0.00331. The van der Waals surface area contributed by atoms with E-state index in [9.17, 15) is 4.79 Å². The summed E-state index contributed by atoms with van der Waals surface area (Å²) < 4.78 is 11.3. The van der Waals surface area contributed by atoms with Gasteiger partial charge in [-0.2, -0.15) is 0 Å². The lowest BCUT2D eigenvalue weighted by Gasteiger charge is -2.27. The van der Waals surface area contributed by atoms with Crippen molar-refractivity contribution in [3.8, 4) is 5.75 Å². The van der Waals surface area contributed by atoms with Crippen LogP contribution >= 0.6 is 0 Å². The topological polar surface area (TPSA) is 60.4 Å². The van der Waals surface area contributed by atoms with Gasteiger partial charge in [-0.05, 0) is 69.3 Å². The monoisotopic (exact) mass is 488 g/mol. The highest BCUT2D eigenvalue weighted by atomic mass is 16.7. The van der Waals surface area contributed by atoms with Gasteiger partial charge in [0.2, 0.25) is 6.61 Å². The molecular weight excluding hydrogens is 452 g/mol. The number of benzene rings is 2. The summed E-state index contributed by atoms with van der Waals surface area (Å²) >= 11 is 0. The van der Waals surface area contributed by atoms with Crippen LogP contribution in [-0.4, -0.2) is 50.1 Å². The van der Waals surface area contributed by atoms with Gasteiger partial charge < -0.3 is 14.3 Å². The van der Waals surface area contributed by atoms with Gasteiger partial charge in [0.25, 0.3) is 0 Å². The predicted octanol–water partition coefficient (Wildman–Crippen LogP) is 5.97. The molecule has 0 radical (unpaired) electrons. The number of carbonyl (C=O) groups excluding carboxylic acids is 1. The van der Waals surface area contributed by atoms with E-state index in [0.717, 1.165) is 17.7 Å². The molecule has 0 spiro atoms. The van der Waals surface area contributed by atoms with Gasteiger partial charge in [-0.1, -0.05) is 72.8 Å². The fraction of sp³-hybridized carbons (Fsp3) is 0.333. The largest absolute Gasteiger partial charge is 0.475 e. The van der Waals surface area contributed by atoms with Gasteiger partial charge in [0.15, 0.2) is 0 Å². The van der Waals surface area contributed by atoms with Gasteiger partial charge in [-0.15, -0.1) is 0 Å². The molecule has 2 aromatic rings. The maximum Gasteiger partial charge on any atom is 0.347 e. The number of oxime groups is 1. The zero-order valence-corrected chi connectivity index (χ0v) is 21.8. The molecule has 0 saturated heterocycles. The Labute approximate surface area is 214 Å². The lowest BCUT2D eigenvalue weighted by atomic mass is 9.82. The molecule has 6 heteroatoms. The van der Waals surface area contributed by atoms with Crippen LogP contribution in [0.2, 0.25) is 0 Å². The summed E-state index contributed by atoms with van der Waals surface area (Å²) in [6, 6.07) is 18.7. The van der Waals surface area contributed by atoms with Crippen molar-refractivity contribution < 1.29 is 19.1 Å². The van der Waals surface area contributed by atoms with Crippen LogP contribution in [0.25, 0.3) is 11.1 Å². The molecule has 0 aromatic heterocycles. The Morgan fingerprint density at radius 1 is 1.00 bits per heavy atom. The van der Waals surface area contributed by atoms with E-state index in [1.807, 2.05) is 62.3 Å². The van der Waals surface area contributed by atoms with Crippen LogP contribution in [0.5, 0.6) is 5.75 Å². The Kier molecular flexibility index (Phi) is 10.1. The first-order valence-corrected chi connectivity index (χ1v) is 12.4. The zero-order chi connectivity index (χ0) is 25.9. The van der Waals surface area contributed by atoms with Crippen molar-refractivity contribution in [3.05, 3.63) is 90.0 Å². The van der Waals surface area contributed by atoms with Crippen molar-refractivity contribution in [2.75, 3.05) is 27.3 Å².